The van der Waals surface area contributed by atoms with Gasteiger partial charge in [0.05, 0.1) is 10.7 Å². The number of carbonyl (C=O) groups is 2. The number of hydrogen-bond donors (Lipinski definition) is 2. The summed E-state index contributed by atoms with van der Waals surface area (Å²) in [7, 11) is 0. The minimum absolute atomic E-state index is 0.00952. The van der Waals surface area contributed by atoms with E-state index < -0.39 is 0 Å². The molecule has 0 radical (unpaired) electrons. The Labute approximate surface area is 172 Å². The zero-order valence-corrected chi connectivity index (χ0v) is 17.6. The van der Waals surface area contributed by atoms with E-state index >= 15 is 0 Å². The number of urea groups is 1. The molecule has 0 aromatic heterocycles. The van der Waals surface area contributed by atoms with Crippen LogP contribution in [0.25, 0.3) is 0 Å². The van der Waals surface area contributed by atoms with Crippen molar-refractivity contribution < 1.29 is 9.59 Å². The highest BCUT2D eigenvalue weighted by molar-refractivity contribution is 6.33. The van der Waals surface area contributed by atoms with Crippen molar-refractivity contribution in [3.05, 3.63) is 23.2 Å². The largest absolute Gasteiger partial charge is 0.370 e. The molecule has 1 aromatic carbocycles. The van der Waals surface area contributed by atoms with E-state index in [1.165, 1.54) is 19.3 Å². The highest BCUT2D eigenvalue weighted by atomic mass is 35.5. The number of likely N-dealkylation sites (tertiary alicyclic amines) is 1. The Bertz CT molecular complexity index is 696. The second-order valence-electron chi connectivity index (χ2n) is 8.07. The summed E-state index contributed by atoms with van der Waals surface area (Å²) in [6.45, 7) is 7.16. The van der Waals surface area contributed by atoms with E-state index in [4.69, 9.17) is 11.6 Å². The van der Waals surface area contributed by atoms with Gasteiger partial charge in [-0.3, -0.25) is 4.79 Å². The van der Waals surface area contributed by atoms with Crippen LogP contribution in [-0.2, 0) is 4.79 Å². The summed E-state index contributed by atoms with van der Waals surface area (Å²) in [5.41, 5.74) is 1.74. The van der Waals surface area contributed by atoms with Crippen LogP contribution in [0.2, 0.25) is 5.02 Å². The average molecular weight is 407 g/mol. The third-order valence-corrected chi connectivity index (χ3v) is 5.78. The minimum Gasteiger partial charge on any atom is -0.370 e. The van der Waals surface area contributed by atoms with Gasteiger partial charge in [-0.1, -0.05) is 11.6 Å². The zero-order valence-electron chi connectivity index (χ0n) is 16.8. The summed E-state index contributed by atoms with van der Waals surface area (Å²) in [5.74, 6) is 0.0832. The number of benzene rings is 1. The van der Waals surface area contributed by atoms with Crippen molar-refractivity contribution >= 4 is 34.9 Å². The summed E-state index contributed by atoms with van der Waals surface area (Å²) in [4.78, 5) is 28.8. The molecule has 28 heavy (non-hydrogen) atoms. The Balaban J connectivity index is 1.52. The lowest BCUT2D eigenvalue weighted by Gasteiger charge is -2.32. The maximum absolute atomic E-state index is 12.6. The summed E-state index contributed by atoms with van der Waals surface area (Å²) in [5, 5.41) is 6.57. The molecule has 0 saturated carbocycles. The molecule has 2 aliphatic heterocycles. The zero-order chi connectivity index (χ0) is 20.1. The monoisotopic (exact) mass is 406 g/mol. The van der Waals surface area contributed by atoms with E-state index in [9.17, 15) is 9.59 Å². The summed E-state index contributed by atoms with van der Waals surface area (Å²) in [6, 6.07) is 5.74. The van der Waals surface area contributed by atoms with Crippen LogP contribution in [-0.4, -0.2) is 49.1 Å². The number of anilines is 2. The molecule has 2 heterocycles. The van der Waals surface area contributed by atoms with Gasteiger partial charge < -0.3 is 20.4 Å². The molecule has 0 atom stereocenters. The lowest BCUT2D eigenvalue weighted by atomic mass is 9.96. The van der Waals surface area contributed by atoms with Gasteiger partial charge in [0.2, 0.25) is 5.91 Å². The van der Waals surface area contributed by atoms with Crippen LogP contribution in [0.15, 0.2) is 18.2 Å². The first kappa shape index (κ1) is 20.8. The van der Waals surface area contributed by atoms with Crippen LogP contribution in [0.3, 0.4) is 0 Å². The van der Waals surface area contributed by atoms with Gasteiger partial charge in [-0.25, -0.2) is 4.79 Å². The van der Waals surface area contributed by atoms with Crippen LogP contribution < -0.4 is 15.5 Å². The minimum atomic E-state index is -0.135. The van der Waals surface area contributed by atoms with E-state index in [1.807, 2.05) is 32.0 Å². The Morgan fingerprint density at radius 3 is 2.36 bits per heavy atom. The molecular formula is C21H31ClN4O2. The third kappa shape index (κ3) is 5.31. The van der Waals surface area contributed by atoms with Crippen molar-refractivity contribution in [3.8, 4) is 0 Å². The van der Waals surface area contributed by atoms with Crippen molar-refractivity contribution in [1.29, 1.82) is 0 Å². The highest BCUT2D eigenvalue weighted by Crippen LogP contribution is 2.31. The standard InChI is InChI=1S/C21H31ClN4O2/c1-15(2)23-20(27)16-8-12-26(13-9-16)21(28)24-17-6-7-19(18(22)14-17)25-10-4-3-5-11-25/h6-7,14-16H,3-5,8-13H2,1-2H3,(H,23,27)(H,24,28). The first-order chi connectivity index (χ1) is 13.4. The predicted octanol–water partition coefficient (Wildman–Crippen LogP) is 4.10. The highest BCUT2D eigenvalue weighted by Gasteiger charge is 2.27. The molecule has 154 valence electrons. The number of hydrogen-bond acceptors (Lipinski definition) is 3. The van der Waals surface area contributed by atoms with Crippen LogP contribution >= 0.6 is 11.6 Å². The van der Waals surface area contributed by atoms with Gasteiger partial charge in [0.15, 0.2) is 0 Å². The van der Waals surface area contributed by atoms with E-state index in [0.717, 1.165) is 18.8 Å². The molecule has 0 bridgehead atoms. The van der Waals surface area contributed by atoms with Crippen molar-refractivity contribution in [2.75, 3.05) is 36.4 Å². The Kier molecular flexibility index (Phi) is 7.05. The second kappa shape index (κ2) is 9.50. The molecule has 1 aromatic rings. The van der Waals surface area contributed by atoms with Crippen LogP contribution in [0.5, 0.6) is 0 Å². The fourth-order valence-electron chi connectivity index (χ4n) is 3.93. The number of rotatable bonds is 4. The van der Waals surface area contributed by atoms with Crippen molar-refractivity contribution in [3.63, 3.8) is 0 Å². The molecular weight excluding hydrogens is 376 g/mol. The first-order valence-electron chi connectivity index (χ1n) is 10.3. The van der Waals surface area contributed by atoms with Gasteiger partial charge >= 0.3 is 6.03 Å². The molecule has 3 rings (SSSR count). The third-order valence-electron chi connectivity index (χ3n) is 5.48. The maximum Gasteiger partial charge on any atom is 0.321 e. The smallest absolute Gasteiger partial charge is 0.321 e. The fraction of sp³-hybridized carbons (Fsp3) is 0.619. The van der Waals surface area contributed by atoms with Gasteiger partial charge in [-0.15, -0.1) is 0 Å². The van der Waals surface area contributed by atoms with E-state index in [0.29, 0.717) is 36.6 Å². The SMILES string of the molecule is CC(C)NC(=O)C1CCN(C(=O)Nc2ccc(N3CCCCC3)c(Cl)c2)CC1. The van der Waals surface area contributed by atoms with Gasteiger partial charge in [-0.05, 0) is 64.2 Å². The predicted molar refractivity (Wildman–Crippen MR) is 114 cm³/mol. The number of amides is 3. The molecule has 3 amide bonds. The number of carbonyl (C=O) groups excluding carboxylic acids is 2. The lowest BCUT2D eigenvalue weighted by Crippen LogP contribution is -2.45. The Hall–Kier alpha value is -1.95. The van der Waals surface area contributed by atoms with E-state index in [1.54, 1.807) is 4.90 Å². The van der Waals surface area contributed by atoms with Gasteiger partial charge in [0, 0.05) is 43.8 Å². The summed E-state index contributed by atoms with van der Waals surface area (Å²) in [6.07, 6.45) is 5.05. The summed E-state index contributed by atoms with van der Waals surface area (Å²) >= 11 is 6.48. The van der Waals surface area contributed by atoms with Crippen molar-refractivity contribution in [1.82, 2.24) is 10.2 Å². The van der Waals surface area contributed by atoms with Gasteiger partial charge in [0.25, 0.3) is 0 Å². The average Bonchev–Trinajstić information content (AvgIpc) is 2.68. The quantitative estimate of drug-likeness (QED) is 0.791. The van der Waals surface area contributed by atoms with E-state index in [-0.39, 0.29) is 23.9 Å². The van der Waals surface area contributed by atoms with Gasteiger partial charge in [0.1, 0.15) is 0 Å². The molecule has 6 nitrogen and oxygen atoms in total. The molecule has 2 aliphatic rings. The molecule has 0 spiro atoms. The molecule has 7 heteroatoms. The maximum atomic E-state index is 12.6. The molecule has 0 aliphatic carbocycles. The molecule has 2 fully saturated rings. The Morgan fingerprint density at radius 1 is 1.07 bits per heavy atom. The summed E-state index contributed by atoms with van der Waals surface area (Å²) < 4.78 is 0. The normalized spacial score (nSPS) is 18.3. The van der Waals surface area contributed by atoms with Gasteiger partial charge in [-0.2, -0.15) is 0 Å². The van der Waals surface area contributed by atoms with Crippen LogP contribution in [0.1, 0.15) is 46.0 Å². The molecule has 0 unspecified atom stereocenters. The number of piperidine rings is 2. The molecule has 2 N–H and O–H groups in total. The lowest BCUT2D eigenvalue weighted by molar-refractivity contribution is -0.126. The molecule has 2 saturated heterocycles. The van der Waals surface area contributed by atoms with Crippen LogP contribution in [0, 0.1) is 5.92 Å². The second-order valence-corrected chi connectivity index (χ2v) is 8.48. The number of nitrogens with zero attached hydrogens (tertiary/aromatic N) is 2. The number of halogens is 1. The van der Waals surface area contributed by atoms with E-state index in [2.05, 4.69) is 15.5 Å². The van der Waals surface area contributed by atoms with Crippen molar-refractivity contribution in [2.24, 2.45) is 5.92 Å². The van der Waals surface area contributed by atoms with Crippen molar-refractivity contribution in [2.45, 2.75) is 52.0 Å². The first-order valence-corrected chi connectivity index (χ1v) is 10.7. The Morgan fingerprint density at radius 2 is 1.75 bits per heavy atom. The topological polar surface area (TPSA) is 64.7 Å². The van der Waals surface area contributed by atoms with Crippen LogP contribution in [0.4, 0.5) is 16.2 Å². The fourth-order valence-corrected chi connectivity index (χ4v) is 4.23. The number of nitrogens with one attached hydrogen (secondary N) is 2.